The number of hydrogen-bond donors (Lipinski definition) is 1. The number of carbonyl (C=O) groups excluding carboxylic acids is 1. The first-order valence-electron chi connectivity index (χ1n) is 8.50. The highest BCUT2D eigenvalue weighted by molar-refractivity contribution is 6.05. The molecule has 2 aromatic carbocycles. The summed E-state index contributed by atoms with van der Waals surface area (Å²) >= 11 is 0. The van der Waals surface area contributed by atoms with Gasteiger partial charge in [0.1, 0.15) is 11.3 Å². The van der Waals surface area contributed by atoms with Crippen LogP contribution >= 0.6 is 0 Å². The molecule has 1 N–H and O–H groups in total. The number of hydrogen-bond acceptors (Lipinski definition) is 4. The van der Waals surface area contributed by atoms with Gasteiger partial charge in [-0.15, -0.1) is 0 Å². The SMILES string of the molecule is Cc1ccc(CNC(=O)c2cc(=O)oc3cc(OC(C)C)ccc23)cc1. The Kier molecular flexibility index (Phi) is 5.07. The van der Waals surface area contributed by atoms with E-state index in [-0.39, 0.29) is 12.0 Å². The molecule has 0 fully saturated rings. The van der Waals surface area contributed by atoms with E-state index in [9.17, 15) is 9.59 Å². The van der Waals surface area contributed by atoms with E-state index >= 15 is 0 Å². The maximum absolute atomic E-state index is 12.6. The van der Waals surface area contributed by atoms with Gasteiger partial charge in [-0.3, -0.25) is 4.79 Å². The summed E-state index contributed by atoms with van der Waals surface area (Å²) in [7, 11) is 0. The van der Waals surface area contributed by atoms with Gasteiger partial charge in [0.15, 0.2) is 0 Å². The monoisotopic (exact) mass is 351 g/mol. The predicted molar refractivity (Wildman–Crippen MR) is 101 cm³/mol. The molecule has 134 valence electrons. The van der Waals surface area contributed by atoms with Crippen LogP contribution in [0.15, 0.2) is 57.7 Å². The Morgan fingerprint density at radius 1 is 1.12 bits per heavy atom. The molecule has 26 heavy (non-hydrogen) atoms. The first kappa shape index (κ1) is 17.7. The highest BCUT2D eigenvalue weighted by atomic mass is 16.5. The lowest BCUT2D eigenvalue weighted by atomic mass is 10.1. The Hall–Kier alpha value is -3.08. The maximum Gasteiger partial charge on any atom is 0.337 e. The average molecular weight is 351 g/mol. The zero-order valence-corrected chi connectivity index (χ0v) is 15.0. The summed E-state index contributed by atoms with van der Waals surface area (Å²) in [6.07, 6.45) is 0.000150. The number of amides is 1. The van der Waals surface area contributed by atoms with E-state index < -0.39 is 5.63 Å². The number of ether oxygens (including phenoxy) is 1. The van der Waals surface area contributed by atoms with Gasteiger partial charge in [0.2, 0.25) is 0 Å². The van der Waals surface area contributed by atoms with Crippen LogP contribution in [0.25, 0.3) is 11.0 Å². The van der Waals surface area contributed by atoms with E-state index in [1.165, 1.54) is 6.07 Å². The molecule has 0 aliphatic heterocycles. The second-order valence-electron chi connectivity index (χ2n) is 6.47. The molecule has 1 heterocycles. The molecule has 0 radical (unpaired) electrons. The van der Waals surface area contributed by atoms with Crippen LogP contribution in [-0.4, -0.2) is 12.0 Å². The fourth-order valence-electron chi connectivity index (χ4n) is 2.66. The number of aryl methyl sites for hydroxylation is 1. The fraction of sp³-hybridized carbons (Fsp3) is 0.238. The van der Waals surface area contributed by atoms with Crippen LogP contribution < -0.4 is 15.7 Å². The van der Waals surface area contributed by atoms with Crippen molar-refractivity contribution in [1.82, 2.24) is 5.32 Å². The minimum Gasteiger partial charge on any atom is -0.491 e. The molecule has 0 saturated carbocycles. The van der Waals surface area contributed by atoms with Crippen LogP contribution in [0.1, 0.15) is 35.3 Å². The van der Waals surface area contributed by atoms with E-state index in [1.807, 2.05) is 45.0 Å². The van der Waals surface area contributed by atoms with Crippen LogP contribution in [0.4, 0.5) is 0 Å². The van der Waals surface area contributed by atoms with Crippen LogP contribution in [0.2, 0.25) is 0 Å². The summed E-state index contributed by atoms with van der Waals surface area (Å²) in [5.41, 5.74) is 2.20. The Balaban J connectivity index is 1.87. The summed E-state index contributed by atoms with van der Waals surface area (Å²) in [5, 5.41) is 3.42. The van der Waals surface area contributed by atoms with Gasteiger partial charge in [-0.25, -0.2) is 4.79 Å². The number of benzene rings is 2. The van der Waals surface area contributed by atoms with Gasteiger partial charge in [0.25, 0.3) is 5.91 Å². The van der Waals surface area contributed by atoms with Gasteiger partial charge >= 0.3 is 5.63 Å². The number of fused-ring (bicyclic) bond motifs is 1. The van der Waals surface area contributed by atoms with Crippen molar-refractivity contribution in [3.63, 3.8) is 0 Å². The van der Waals surface area contributed by atoms with E-state index in [4.69, 9.17) is 9.15 Å². The normalized spacial score (nSPS) is 10.9. The predicted octanol–water partition coefficient (Wildman–Crippen LogP) is 3.82. The second-order valence-corrected chi connectivity index (χ2v) is 6.47. The highest BCUT2D eigenvalue weighted by Crippen LogP contribution is 2.23. The van der Waals surface area contributed by atoms with Gasteiger partial charge in [-0.05, 0) is 38.5 Å². The Labute approximate surface area is 151 Å². The molecule has 0 unspecified atom stereocenters. The molecule has 0 bridgehead atoms. The van der Waals surface area contributed by atoms with Crippen molar-refractivity contribution in [2.45, 2.75) is 33.4 Å². The third kappa shape index (κ3) is 4.11. The largest absolute Gasteiger partial charge is 0.491 e. The standard InChI is InChI=1S/C21H21NO4/c1-13(2)25-16-8-9-17-18(11-20(23)26-19(17)10-16)21(24)22-12-15-6-4-14(3)5-7-15/h4-11,13H,12H2,1-3H3,(H,22,24). The van der Waals surface area contributed by atoms with Gasteiger partial charge < -0.3 is 14.5 Å². The van der Waals surface area contributed by atoms with Crippen molar-refractivity contribution < 1.29 is 13.9 Å². The molecular formula is C21H21NO4. The van der Waals surface area contributed by atoms with E-state index in [0.29, 0.717) is 28.8 Å². The number of nitrogens with one attached hydrogen (secondary N) is 1. The van der Waals surface area contributed by atoms with Crippen molar-refractivity contribution in [3.05, 3.63) is 75.6 Å². The zero-order valence-electron chi connectivity index (χ0n) is 15.0. The van der Waals surface area contributed by atoms with Gasteiger partial charge in [0.05, 0.1) is 11.7 Å². The minimum absolute atomic E-state index is 0.000150. The molecule has 3 aromatic rings. The lowest BCUT2D eigenvalue weighted by Crippen LogP contribution is -2.24. The fourth-order valence-corrected chi connectivity index (χ4v) is 2.66. The second kappa shape index (κ2) is 7.44. The molecule has 0 saturated heterocycles. The first-order valence-corrected chi connectivity index (χ1v) is 8.50. The molecule has 0 aliphatic carbocycles. The smallest absolute Gasteiger partial charge is 0.337 e. The number of rotatable bonds is 5. The summed E-state index contributed by atoms with van der Waals surface area (Å²) in [4.78, 5) is 24.5. The maximum atomic E-state index is 12.6. The van der Waals surface area contributed by atoms with Crippen LogP contribution in [0, 0.1) is 6.92 Å². The Bertz CT molecular complexity index is 987. The highest BCUT2D eigenvalue weighted by Gasteiger charge is 2.14. The van der Waals surface area contributed by atoms with Crippen molar-refractivity contribution in [3.8, 4) is 5.75 Å². The van der Waals surface area contributed by atoms with Crippen LogP contribution in [0.3, 0.4) is 0 Å². The first-order chi connectivity index (χ1) is 12.4. The summed E-state index contributed by atoms with van der Waals surface area (Å²) < 4.78 is 10.8. The quantitative estimate of drug-likeness (QED) is 0.710. The topological polar surface area (TPSA) is 68.5 Å². The van der Waals surface area contributed by atoms with Crippen LogP contribution in [0.5, 0.6) is 5.75 Å². The zero-order chi connectivity index (χ0) is 18.7. The molecule has 0 aliphatic rings. The lowest BCUT2D eigenvalue weighted by Gasteiger charge is -2.11. The molecule has 3 rings (SSSR count). The molecule has 0 atom stereocenters. The molecule has 5 nitrogen and oxygen atoms in total. The van der Waals surface area contributed by atoms with Crippen molar-refractivity contribution in [2.24, 2.45) is 0 Å². The molecule has 1 amide bonds. The van der Waals surface area contributed by atoms with Crippen molar-refractivity contribution >= 4 is 16.9 Å². The molecular weight excluding hydrogens is 330 g/mol. The van der Waals surface area contributed by atoms with Gasteiger partial charge in [-0.1, -0.05) is 29.8 Å². The minimum atomic E-state index is -0.570. The Morgan fingerprint density at radius 3 is 2.54 bits per heavy atom. The van der Waals surface area contributed by atoms with Crippen molar-refractivity contribution in [1.29, 1.82) is 0 Å². The van der Waals surface area contributed by atoms with Crippen LogP contribution in [-0.2, 0) is 6.54 Å². The average Bonchev–Trinajstić information content (AvgIpc) is 2.59. The van der Waals surface area contributed by atoms with E-state index in [0.717, 1.165) is 11.1 Å². The molecule has 0 spiro atoms. The van der Waals surface area contributed by atoms with E-state index in [2.05, 4.69) is 5.32 Å². The van der Waals surface area contributed by atoms with Crippen molar-refractivity contribution in [2.75, 3.05) is 0 Å². The summed E-state index contributed by atoms with van der Waals surface area (Å²) in [6, 6.07) is 14.2. The third-order valence-electron chi connectivity index (χ3n) is 3.91. The van der Waals surface area contributed by atoms with E-state index in [1.54, 1.807) is 18.2 Å². The summed E-state index contributed by atoms with van der Waals surface area (Å²) in [5.74, 6) is 0.272. The number of carbonyl (C=O) groups is 1. The molecule has 1 aromatic heterocycles. The third-order valence-corrected chi connectivity index (χ3v) is 3.91. The Morgan fingerprint density at radius 2 is 1.85 bits per heavy atom. The van der Waals surface area contributed by atoms with Gasteiger partial charge in [-0.2, -0.15) is 0 Å². The lowest BCUT2D eigenvalue weighted by molar-refractivity contribution is 0.0952. The molecule has 5 heteroatoms. The summed E-state index contributed by atoms with van der Waals surface area (Å²) in [6.45, 7) is 6.22. The van der Waals surface area contributed by atoms with Gasteiger partial charge in [0, 0.05) is 24.1 Å².